The summed E-state index contributed by atoms with van der Waals surface area (Å²) in [6, 6.07) is 8.01. The highest BCUT2D eigenvalue weighted by molar-refractivity contribution is 5.50. The van der Waals surface area contributed by atoms with Crippen molar-refractivity contribution >= 4 is 5.69 Å². The molecular weight excluding hydrogens is 176 g/mol. The highest BCUT2D eigenvalue weighted by Gasteiger charge is 2.29. The molecule has 1 aromatic carbocycles. The van der Waals surface area contributed by atoms with Crippen molar-refractivity contribution in [2.75, 3.05) is 11.4 Å². The Morgan fingerprint density at radius 2 is 2.29 bits per heavy atom. The minimum Gasteiger partial charge on any atom is -0.372 e. The Labute approximate surface area is 84.1 Å². The summed E-state index contributed by atoms with van der Waals surface area (Å²) in [5.41, 5.74) is 8.02. The maximum Gasteiger partial charge on any atom is 0.142 e. The first-order valence-electron chi connectivity index (χ1n) is 4.95. The molecule has 1 aliphatic rings. The molecular formula is C11H16N2O. The number of aryl methyl sites for hydroxylation is 1. The van der Waals surface area contributed by atoms with Crippen molar-refractivity contribution in [3.05, 3.63) is 29.8 Å². The third-order valence-electron chi connectivity index (χ3n) is 2.74. The summed E-state index contributed by atoms with van der Waals surface area (Å²) in [6.07, 6.45) is 0.326. The van der Waals surface area contributed by atoms with Gasteiger partial charge in [-0.15, -0.1) is 0 Å². The molecule has 0 aromatic heterocycles. The number of rotatable bonds is 1. The molecule has 2 unspecified atom stereocenters. The predicted molar refractivity (Wildman–Crippen MR) is 57.1 cm³/mol. The van der Waals surface area contributed by atoms with E-state index in [1.54, 1.807) is 0 Å². The van der Waals surface area contributed by atoms with Crippen molar-refractivity contribution in [3.8, 4) is 0 Å². The fourth-order valence-electron chi connectivity index (χ4n) is 1.89. The van der Waals surface area contributed by atoms with Crippen molar-refractivity contribution < 1.29 is 5.11 Å². The van der Waals surface area contributed by atoms with E-state index < -0.39 is 6.23 Å². The Hall–Kier alpha value is -1.06. The molecule has 14 heavy (non-hydrogen) atoms. The van der Waals surface area contributed by atoms with Crippen LogP contribution in [-0.4, -0.2) is 23.9 Å². The number of anilines is 1. The summed E-state index contributed by atoms with van der Waals surface area (Å²) in [5.74, 6) is 0. The molecule has 0 spiro atoms. The lowest BCUT2D eigenvalue weighted by molar-refractivity contribution is 0.167. The Balaban J connectivity index is 2.23. The SMILES string of the molecule is Cc1cccc(N2CCC(N)C2O)c1. The van der Waals surface area contributed by atoms with Gasteiger partial charge in [0.05, 0.1) is 6.04 Å². The van der Waals surface area contributed by atoms with Crippen molar-refractivity contribution in [1.29, 1.82) is 0 Å². The van der Waals surface area contributed by atoms with Gasteiger partial charge in [-0.1, -0.05) is 12.1 Å². The molecule has 3 nitrogen and oxygen atoms in total. The average molecular weight is 192 g/mol. The van der Waals surface area contributed by atoms with Crippen LogP contribution in [0.3, 0.4) is 0 Å². The van der Waals surface area contributed by atoms with E-state index in [1.807, 2.05) is 30.0 Å². The van der Waals surface area contributed by atoms with E-state index in [-0.39, 0.29) is 6.04 Å². The number of benzene rings is 1. The normalized spacial score (nSPS) is 26.9. The van der Waals surface area contributed by atoms with E-state index >= 15 is 0 Å². The molecule has 1 fully saturated rings. The van der Waals surface area contributed by atoms with Crippen LogP contribution < -0.4 is 10.6 Å². The molecule has 76 valence electrons. The Morgan fingerprint density at radius 3 is 2.86 bits per heavy atom. The molecule has 0 saturated carbocycles. The lowest BCUT2D eigenvalue weighted by Gasteiger charge is -2.24. The molecule has 3 N–H and O–H groups in total. The maximum atomic E-state index is 9.80. The monoisotopic (exact) mass is 192 g/mol. The van der Waals surface area contributed by atoms with Gasteiger partial charge in [0.15, 0.2) is 0 Å². The summed E-state index contributed by atoms with van der Waals surface area (Å²) in [4.78, 5) is 1.96. The van der Waals surface area contributed by atoms with E-state index in [0.717, 1.165) is 18.7 Å². The summed E-state index contributed by atoms with van der Waals surface area (Å²) in [7, 11) is 0. The second kappa shape index (κ2) is 3.59. The molecule has 0 radical (unpaired) electrons. The molecule has 3 heteroatoms. The zero-order valence-electron chi connectivity index (χ0n) is 8.35. The maximum absolute atomic E-state index is 9.80. The minimum absolute atomic E-state index is 0.115. The molecule has 1 heterocycles. The lowest BCUT2D eigenvalue weighted by atomic mass is 10.2. The van der Waals surface area contributed by atoms with Crippen LogP contribution in [0.4, 0.5) is 5.69 Å². The van der Waals surface area contributed by atoms with Crippen LogP contribution in [0.2, 0.25) is 0 Å². The van der Waals surface area contributed by atoms with Gasteiger partial charge in [0, 0.05) is 12.2 Å². The van der Waals surface area contributed by atoms with Crippen LogP contribution in [0.1, 0.15) is 12.0 Å². The zero-order chi connectivity index (χ0) is 10.1. The van der Waals surface area contributed by atoms with E-state index in [4.69, 9.17) is 5.73 Å². The molecule has 1 aliphatic heterocycles. The Bertz CT molecular complexity index is 327. The molecule has 1 aromatic rings. The first-order valence-corrected chi connectivity index (χ1v) is 4.95. The molecule has 0 aliphatic carbocycles. The molecule has 0 bridgehead atoms. The third kappa shape index (κ3) is 1.61. The van der Waals surface area contributed by atoms with Gasteiger partial charge in [-0.2, -0.15) is 0 Å². The van der Waals surface area contributed by atoms with E-state index in [2.05, 4.69) is 6.07 Å². The van der Waals surface area contributed by atoms with Crippen LogP contribution in [0.25, 0.3) is 0 Å². The fourth-order valence-corrected chi connectivity index (χ4v) is 1.89. The lowest BCUT2D eigenvalue weighted by Crippen LogP contribution is -2.39. The van der Waals surface area contributed by atoms with Gasteiger partial charge in [-0.05, 0) is 31.0 Å². The summed E-state index contributed by atoms with van der Waals surface area (Å²) < 4.78 is 0. The van der Waals surface area contributed by atoms with Crippen molar-refractivity contribution in [2.24, 2.45) is 5.73 Å². The van der Waals surface area contributed by atoms with Gasteiger partial charge in [0.2, 0.25) is 0 Å². The minimum atomic E-state index is -0.531. The second-order valence-corrected chi connectivity index (χ2v) is 3.90. The molecule has 1 saturated heterocycles. The number of hydrogen-bond donors (Lipinski definition) is 2. The molecule has 0 amide bonds. The van der Waals surface area contributed by atoms with Crippen LogP contribution in [0.5, 0.6) is 0 Å². The highest BCUT2D eigenvalue weighted by atomic mass is 16.3. The number of aliphatic hydroxyl groups excluding tert-OH is 1. The van der Waals surface area contributed by atoms with Gasteiger partial charge >= 0.3 is 0 Å². The first-order chi connectivity index (χ1) is 6.68. The number of nitrogens with two attached hydrogens (primary N) is 1. The summed E-state index contributed by atoms with van der Waals surface area (Å²) >= 11 is 0. The van der Waals surface area contributed by atoms with Crippen LogP contribution in [-0.2, 0) is 0 Å². The fraction of sp³-hybridized carbons (Fsp3) is 0.455. The number of nitrogens with zero attached hydrogens (tertiary/aromatic N) is 1. The van der Waals surface area contributed by atoms with Gasteiger partial charge in [0.25, 0.3) is 0 Å². The van der Waals surface area contributed by atoms with Gasteiger partial charge in [-0.3, -0.25) is 0 Å². The van der Waals surface area contributed by atoms with Gasteiger partial charge < -0.3 is 15.7 Å². The molecule has 2 rings (SSSR count). The average Bonchev–Trinajstić information content (AvgIpc) is 2.48. The topological polar surface area (TPSA) is 49.5 Å². The van der Waals surface area contributed by atoms with Crippen LogP contribution in [0, 0.1) is 6.92 Å². The second-order valence-electron chi connectivity index (χ2n) is 3.90. The number of hydrogen-bond acceptors (Lipinski definition) is 3. The zero-order valence-corrected chi connectivity index (χ0v) is 8.35. The third-order valence-corrected chi connectivity index (χ3v) is 2.74. The standard InChI is InChI=1S/C11H16N2O/c1-8-3-2-4-9(7-8)13-6-5-10(12)11(13)14/h2-4,7,10-11,14H,5-6,12H2,1H3. The van der Waals surface area contributed by atoms with E-state index in [9.17, 15) is 5.11 Å². The van der Waals surface area contributed by atoms with Gasteiger partial charge in [0.1, 0.15) is 6.23 Å². The predicted octanol–water partition coefficient (Wildman–Crippen LogP) is 0.851. The largest absolute Gasteiger partial charge is 0.372 e. The van der Waals surface area contributed by atoms with E-state index in [1.165, 1.54) is 5.56 Å². The van der Waals surface area contributed by atoms with Crippen molar-refractivity contribution in [2.45, 2.75) is 25.6 Å². The van der Waals surface area contributed by atoms with Crippen molar-refractivity contribution in [1.82, 2.24) is 0 Å². The Morgan fingerprint density at radius 1 is 1.50 bits per heavy atom. The Kier molecular flexibility index (Phi) is 2.44. The number of aliphatic hydroxyl groups is 1. The van der Waals surface area contributed by atoms with Crippen LogP contribution in [0.15, 0.2) is 24.3 Å². The van der Waals surface area contributed by atoms with Gasteiger partial charge in [-0.25, -0.2) is 0 Å². The first kappa shape index (κ1) is 9.49. The quantitative estimate of drug-likeness (QED) is 0.693. The highest BCUT2D eigenvalue weighted by Crippen LogP contribution is 2.24. The van der Waals surface area contributed by atoms with Crippen molar-refractivity contribution in [3.63, 3.8) is 0 Å². The van der Waals surface area contributed by atoms with Crippen LogP contribution >= 0.6 is 0 Å². The summed E-state index contributed by atoms with van der Waals surface area (Å²) in [5, 5.41) is 9.80. The smallest absolute Gasteiger partial charge is 0.142 e. The van der Waals surface area contributed by atoms with E-state index in [0.29, 0.717) is 0 Å². The molecule has 2 atom stereocenters. The summed E-state index contributed by atoms with van der Waals surface area (Å²) in [6.45, 7) is 2.89.